The second kappa shape index (κ2) is 5.65. The Morgan fingerprint density at radius 3 is 2.82 bits per heavy atom. The van der Waals surface area contributed by atoms with Crippen LogP contribution in [0.4, 0.5) is 0 Å². The van der Waals surface area contributed by atoms with Crippen molar-refractivity contribution in [3.63, 3.8) is 0 Å². The van der Waals surface area contributed by atoms with Crippen LogP contribution in [0.1, 0.15) is 29.1 Å². The van der Waals surface area contributed by atoms with E-state index in [-0.39, 0.29) is 11.9 Å². The first-order valence-electron chi connectivity index (χ1n) is 7.48. The molecule has 2 saturated heterocycles. The summed E-state index contributed by atoms with van der Waals surface area (Å²) in [6.45, 7) is 0. The van der Waals surface area contributed by atoms with Crippen LogP contribution in [-0.4, -0.2) is 29.0 Å². The molecule has 4 rings (SSSR count). The maximum absolute atomic E-state index is 12.4. The summed E-state index contributed by atoms with van der Waals surface area (Å²) in [5.41, 5.74) is 1.03. The fourth-order valence-corrected chi connectivity index (χ4v) is 4.29. The van der Waals surface area contributed by atoms with Gasteiger partial charge >= 0.3 is 0 Å². The second-order valence-corrected chi connectivity index (χ2v) is 7.37. The van der Waals surface area contributed by atoms with E-state index in [0.29, 0.717) is 22.1 Å². The summed E-state index contributed by atoms with van der Waals surface area (Å²) in [6.07, 6.45) is 5.17. The highest BCUT2D eigenvalue weighted by Crippen LogP contribution is 2.30. The molecule has 1 amide bonds. The number of amides is 1. The van der Waals surface area contributed by atoms with E-state index in [1.54, 1.807) is 6.20 Å². The Bertz CT molecular complexity index is 700. The zero-order valence-electron chi connectivity index (χ0n) is 11.9. The van der Waals surface area contributed by atoms with Crippen LogP contribution in [0.3, 0.4) is 0 Å². The van der Waals surface area contributed by atoms with Crippen molar-refractivity contribution in [3.8, 4) is 10.4 Å². The molecular formula is C16H16ClN3OS. The first-order valence-corrected chi connectivity index (χ1v) is 8.67. The number of carbonyl (C=O) groups is 1. The standard InChI is InChI=1S/C16H16ClN3OS/c17-10-3-1-9(2-4-10)14-8-18-16(22-14)15(21)20-13-7-11-5-6-12(13)19-11/h1-4,8,11-13,19H,5-7H2,(H,20,21)/t11-,12+,13-/m1/s1. The summed E-state index contributed by atoms with van der Waals surface area (Å²) in [5.74, 6) is -0.0652. The number of thiazole rings is 1. The molecule has 2 N–H and O–H groups in total. The molecule has 3 heterocycles. The van der Waals surface area contributed by atoms with Crippen LogP contribution < -0.4 is 10.6 Å². The second-order valence-electron chi connectivity index (χ2n) is 5.90. The van der Waals surface area contributed by atoms with Gasteiger partial charge in [0.2, 0.25) is 0 Å². The van der Waals surface area contributed by atoms with Gasteiger partial charge in [0, 0.05) is 29.3 Å². The maximum Gasteiger partial charge on any atom is 0.280 e. The van der Waals surface area contributed by atoms with E-state index in [2.05, 4.69) is 15.6 Å². The highest BCUT2D eigenvalue weighted by Gasteiger charge is 2.39. The largest absolute Gasteiger partial charge is 0.346 e. The van der Waals surface area contributed by atoms with Crippen molar-refractivity contribution in [1.29, 1.82) is 0 Å². The Hall–Kier alpha value is -1.43. The lowest BCUT2D eigenvalue weighted by atomic mass is 9.95. The number of aromatic nitrogens is 1. The molecule has 0 spiro atoms. The van der Waals surface area contributed by atoms with Crippen molar-refractivity contribution in [2.24, 2.45) is 0 Å². The average Bonchev–Trinajstić information content (AvgIpc) is 3.24. The van der Waals surface area contributed by atoms with Crippen LogP contribution in [0.2, 0.25) is 5.02 Å². The van der Waals surface area contributed by atoms with E-state index in [0.717, 1.165) is 23.3 Å². The van der Waals surface area contributed by atoms with E-state index in [9.17, 15) is 4.79 Å². The number of nitrogens with zero attached hydrogens (tertiary/aromatic N) is 1. The third-order valence-corrected chi connectivity index (χ3v) is 5.74. The first-order chi connectivity index (χ1) is 10.7. The van der Waals surface area contributed by atoms with Crippen LogP contribution in [0.15, 0.2) is 30.5 Å². The van der Waals surface area contributed by atoms with Crippen LogP contribution >= 0.6 is 22.9 Å². The molecule has 6 heteroatoms. The van der Waals surface area contributed by atoms with Gasteiger partial charge in [-0.1, -0.05) is 23.7 Å². The van der Waals surface area contributed by atoms with Crippen molar-refractivity contribution in [2.75, 3.05) is 0 Å². The summed E-state index contributed by atoms with van der Waals surface area (Å²) in [4.78, 5) is 17.6. The summed E-state index contributed by atoms with van der Waals surface area (Å²) < 4.78 is 0. The Morgan fingerprint density at radius 2 is 2.14 bits per heavy atom. The minimum Gasteiger partial charge on any atom is -0.346 e. The van der Waals surface area contributed by atoms with Crippen molar-refractivity contribution in [3.05, 3.63) is 40.5 Å². The van der Waals surface area contributed by atoms with Crippen LogP contribution in [0.25, 0.3) is 10.4 Å². The Labute approximate surface area is 137 Å². The SMILES string of the molecule is O=C(N[C@@H]1C[C@H]2CC[C@@H]1N2)c1ncc(-c2ccc(Cl)cc2)s1. The molecule has 2 bridgehead atoms. The third-order valence-electron chi connectivity index (χ3n) is 4.45. The van der Waals surface area contributed by atoms with E-state index < -0.39 is 0 Å². The normalized spacial score (nSPS) is 26.3. The number of hydrogen-bond donors (Lipinski definition) is 2. The minimum atomic E-state index is -0.0652. The van der Waals surface area contributed by atoms with Gasteiger partial charge in [-0.3, -0.25) is 4.79 Å². The van der Waals surface area contributed by atoms with Crippen molar-refractivity contribution < 1.29 is 4.79 Å². The topological polar surface area (TPSA) is 54.0 Å². The van der Waals surface area contributed by atoms with Gasteiger partial charge in [-0.15, -0.1) is 11.3 Å². The predicted octanol–water partition coefficient (Wildman–Crippen LogP) is 3.09. The Morgan fingerprint density at radius 1 is 1.32 bits per heavy atom. The lowest BCUT2D eigenvalue weighted by molar-refractivity contribution is 0.0930. The van der Waals surface area contributed by atoms with Gasteiger partial charge in [-0.05, 0) is 37.0 Å². The Balaban J connectivity index is 1.46. The third kappa shape index (κ3) is 2.64. The summed E-state index contributed by atoms with van der Waals surface area (Å²) in [5, 5.41) is 7.88. The molecule has 4 nitrogen and oxygen atoms in total. The molecule has 0 radical (unpaired) electrons. The van der Waals surface area contributed by atoms with Crippen molar-refractivity contribution >= 4 is 28.8 Å². The summed E-state index contributed by atoms with van der Waals surface area (Å²) in [6, 6.07) is 8.83. The molecule has 1 aromatic heterocycles. The lowest BCUT2D eigenvalue weighted by Gasteiger charge is -2.20. The predicted molar refractivity (Wildman–Crippen MR) is 88.4 cm³/mol. The van der Waals surface area contributed by atoms with Gasteiger partial charge in [-0.2, -0.15) is 0 Å². The number of hydrogen-bond acceptors (Lipinski definition) is 4. The summed E-state index contributed by atoms with van der Waals surface area (Å²) in [7, 11) is 0. The molecule has 2 aliphatic heterocycles. The van der Waals surface area contributed by atoms with Gasteiger partial charge in [0.25, 0.3) is 5.91 Å². The molecule has 0 unspecified atom stereocenters. The fourth-order valence-electron chi connectivity index (χ4n) is 3.34. The number of carbonyl (C=O) groups excluding carboxylic acids is 1. The van der Waals surface area contributed by atoms with Gasteiger partial charge < -0.3 is 10.6 Å². The maximum atomic E-state index is 12.4. The van der Waals surface area contributed by atoms with Crippen LogP contribution in [-0.2, 0) is 0 Å². The van der Waals surface area contributed by atoms with Crippen molar-refractivity contribution in [2.45, 2.75) is 37.4 Å². The van der Waals surface area contributed by atoms with E-state index in [4.69, 9.17) is 11.6 Å². The number of fused-ring (bicyclic) bond motifs is 2. The molecule has 2 aromatic rings. The molecule has 22 heavy (non-hydrogen) atoms. The highest BCUT2D eigenvalue weighted by molar-refractivity contribution is 7.16. The van der Waals surface area contributed by atoms with Crippen molar-refractivity contribution in [1.82, 2.24) is 15.6 Å². The monoisotopic (exact) mass is 333 g/mol. The number of halogens is 1. The number of nitrogens with one attached hydrogen (secondary N) is 2. The zero-order valence-corrected chi connectivity index (χ0v) is 13.5. The number of rotatable bonds is 3. The van der Waals surface area contributed by atoms with Gasteiger partial charge in [0.05, 0.1) is 4.88 Å². The molecule has 3 atom stereocenters. The average molecular weight is 334 g/mol. The molecule has 2 aliphatic rings. The zero-order chi connectivity index (χ0) is 15.1. The highest BCUT2D eigenvalue weighted by atomic mass is 35.5. The quantitative estimate of drug-likeness (QED) is 0.907. The van der Waals surface area contributed by atoms with Gasteiger partial charge in [0.15, 0.2) is 5.01 Å². The number of benzene rings is 1. The van der Waals surface area contributed by atoms with Gasteiger partial charge in [0.1, 0.15) is 0 Å². The lowest BCUT2D eigenvalue weighted by Crippen LogP contribution is -2.42. The molecule has 114 valence electrons. The van der Waals surface area contributed by atoms with E-state index in [1.165, 1.54) is 17.8 Å². The Kier molecular flexibility index (Phi) is 3.64. The fraction of sp³-hybridized carbons (Fsp3) is 0.375. The van der Waals surface area contributed by atoms with Crippen LogP contribution in [0, 0.1) is 0 Å². The first kappa shape index (κ1) is 14.2. The smallest absolute Gasteiger partial charge is 0.280 e. The molecule has 1 aromatic carbocycles. The van der Waals surface area contributed by atoms with Gasteiger partial charge in [-0.25, -0.2) is 4.98 Å². The summed E-state index contributed by atoms with van der Waals surface area (Å²) >= 11 is 7.32. The van der Waals surface area contributed by atoms with E-state index >= 15 is 0 Å². The minimum absolute atomic E-state index is 0.0652. The molecule has 0 saturated carbocycles. The van der Waals surface area contributed by atoms with E-state index in [1.807, 2.05) is 24.3 Å². The molecular weight excluding hydrogens is 318 g/mol. The molecule has 2 fully saturated rings. The van der Waals surface area contributed by atoms with Crippen LogP contribution in [0.5, 0.6) is 0 Å². The molecule has 0 aliphatic carbocycles.